The number of carbonyl (C=O) groups excluding carboxylic acids is 1. The number of benzene rings is 2. The molecular formula is C29H33N5O4. The summed E-state index contributed by atoms with van der Waals surface area (Å²) in [6.45, 7) is 8.09. The van der Waals surface area contributed by atoms with Gasteiger partial charge in [-0.3, -0.25) is 23.7 Å². The number of hydrogen-bond donors (Lipinski definition) is 1. The predicted molar refractivity (Wildman–Crippen MR) is 146 cm³/mol. The number of nitrogens with one attached hydrogen (secondary N) is 1. The number of hydrogen-bond acceptors (Lipinski definition) is 6. The number of likely N-dealkylation sites (N-methyl/N-ethyl adjacent to an activating group) is 1. The van der Waals surface area contributed by atoms with Crippen molar-refractivity contribution in [2.45, 2.75) is 59.5 Å². The van der Waals surface area contributed by atoms with Gasteiger partial charge in [0.05, 0.1) is 13.0 Å². The molecule has 0 unspecified atom stereocenters. The van der Waals surface area contributed by atoms with Gasteiger partial charge in [0.25, 0.3) is 5.56 Å². The van der Waals surface area contributed by atoms with Crippen LogP contribution >= 0.6 is 0 Å². The predicted octanol–water partition coefficient (Wildman–Crippen LogP) is 3.97. The van der Waals surface area contributed by atoms with E-state index in [0.29, 0.717) is 35.9 Å². The minimum absolute atomic E-state index is 0.0264. The highest BCUT2D eigenvalue weighted by Gasteiger charge is 2.20. The van der Waals surface area contributed by atoms with Gasteiger partial charge in [0.1, 0.15) is 5.82 Å². The highest BCUT2D eigenvalue weighted by Crippen LogP contribution is 2.30. The van der Waals surface area contributed by atoms with E-state index in [2.05, 4.69) is 21.6 Å². The van der Waals surface area contributed by atoms with E-state index in [4.69, 9.17) is 4.98 Å². The lowest BCUT2D eigenvalue weighted by Crippen LogP contribution is -2.37. The quantitative estimate of drug-likeness (QED) is 0.361. The van der Waals surface area contributed by atoms with E-state index in [0.717, 1.165) is 28.7 Å². The Balaban J connectivity index is 1.66. The van der Waals surface area contributed by atoms with Crippen molar-refractivity contribution in [1.82, 2.24) is 24.6 Å². The molecule has 0 spiro atoms. The van der Waals surface area contributed by atoms with E-state index < -0.39 is 5.76 Å². The molecule has 38 heavy (non-hydrogen) atoms. The first kappa shape index (κ1) is 26.8. The maximum Gasteiger partial charge on any atom is 0.439 e. The third kappa shape index (κ3) is 5.66. The Bertz CT molecular complexity index is 1550. The molecule has 2 heterocycles. The first-order valence-corrected chi connectivity index (χ1v) is 12.8. The molecule has 2 aromatic carbocycles. The Kier molecular flexibility index (Phi) is 8.05. The summed E-state index contributed by atoms with van der Waals surface area (Å²) in [6, 6.07) is 15.5. The molecule has 0 fully saturated rings. The molecule has 1 amide bonds. The Morgan fingerprint density at radius 3 is 2.37 bits per heavy atom. The summed E-state index contributed by atoms with van der Waals surface area (Å²) in [7, 11) is 1.75. The molecule has 0 atom stereocenters. The van der Waals surface area contributed by atoms with Crippen LogP contribution in [0.15, 0.2) is 62.6 Å². The zero-order valence-corrected chi connectivity index (χ0v) is 22.4. The summed E-state index contributed by atoms with van der Waals surface area (Å²) < 4.78 is 6.37. The number of aromatic nitrogens is 4. The van der Waals surface area contributed by atoms with Gasteiger partial charge in [-0.05, 0) is 43.9 Å². The van der Waals surface area contributed by atoms with Crippen LogP contribution in [0.5, 0.6) is 0 Å². The Labute approximate surface area is 221 Å². The van der Waals surface area contributed by atoms with E-state index in [1.165, 1.54) is 0 Å². The summed E-state index contributed by atoms with van der Waals surface area (Å²) in [5.74, 6) is 0.365. The van der Waals surface area contributed by atoms with Gasteiger partial charge in [-0.25, -0.2) is 9.78 Å². The average molecular weight is 516 g/mol. The van der Waals surface area contributed by atoms with Gasteiger partial charge in [0.2, 0.25) is 5.91 Å². The third-order valence-corrected chi connectivity index (χ3v) is 6.75. The number of carbonyl (C=O) groups is 1. The first-order valence-electron chi connectivity index (χ1n) is 12.8. The van der Waals surface area contributed by atoms with Gasteiger partial charge in [0, 0.05) is 36.3 Å². The molecule has 4 aromatic rings. The number of aryl methyl sites for hydroxylation is 2. The molecule has 9 nitrogen and oxygen atoms in total. The van der Waals surface area contributed by atoms with E-state index >= 15 is 0 Å². The van der Waals surface area contributed by atoms with Crippen LogP contribution in [0.3, 0.4) is 0 Å². The molecule has 0 aliphatic carbocycles. The average Bonchev–Trinajstić information content (AvgIpc) is 3.34. The molecule has 1 N–H and O–H groups in total. The maximum atomic E-state index is 13.6. The van der Waals surface area contributed by atoms with E-state index in [1.54, 1.807) is 23.4 Å². The molecule has 0 saturated heterocycles. The molecule has 9 heteroatoms. The zero-order chi connectivity index (χ0) is 27.4. The van der Waals surface area contributed by atoms with Crippen LogP contribution in [0.25, 0.3) is 22.5 Å². The van der Waals surface area contributed by atoms with E-state index in [-0.39, 0.29) is 23.9 Å². The largest absolute Gasteiger partial charge is 0.439 e. The minimum Gasteiger partial charge on any atom is -0.343 e. The number of amides is 1. The molecular weight excluding hydrogens is 482 g/mol. The Hall–Kier alpha value is -4.27. The van der Waals surface area contributed by atoms with Crippen molar-refractivity contribution in [2.24, 2.45) is 0 Å². The van der Waals surface area contributed by atoms with Gasteiger partial charge >= 0.3 is 5.76 Å². The minimum atomic E-state index is -0.609. The second-order valence-electron chi connectivity index (χ2n) is 9.69. The van der Waals surface area contributed by atoms with Crippen LogP contribution in [0, 0.1) is 6.92 Å². The molecule has 198 valence electrons. The number of aromatic amines is 1. The Morgan fingerprint density at radius 1 is 1.08 bits per heavy atom. The van der Waals surface area contributed by atoms with Gasteiger partial charge < -0.3 is 4.90 Å². The van der Waals surface area contributed by atoms with Gasteiger partial charge in [-0.15, -0.1) is 0 Å². The lowest BCUT2D eigenvalue weighted by Gasteiger charge is -2.22. The fourth-order valence-electron chi connectivity index (χ4n) is 4.36. The second kappa shape index (κ2) is 11.4. The van der Waals surface area contributed by atoms with Crippen molar-refractivity contribution >= 4 is 5.91 Å². The fourth-order valence-corrected chi connectivity index (χ4v) is 4.36. The SMILES string of the molecule is CCCc1nc(C)c(CC(=O)N(C)C(C)C)c(=O)n1Cc1ccc(-c2ccccc2-c2noc(=O)[nH]2)cc1. The van der Waals surface area contributed by atoms with Crippen LogP contribution in [-0.4, -0.2) is 43.6 Å². The summed E-state index contributed by atoms with van der Waals surface area (Å²) in [5, 5.41) is 3.82. The van der Waals surface area contributed by atoms with Crippen LogP contribution in [0.4, 0.5) is 0 Å². The summed E-state index contributed by atoms with van der Waals surface area (Å²) >= 11 is 0. The van der Waals surface area contributed by atoms with Gasteiger partial charge in [-0.1, -0.05) is 60.6 Å². The molecule has 0 aliphatic rings. The van der Waals surface area contributed by atoms with Crippen LogP contribution in [0.2, 0.25) is 0 Å². The van der Waals surface area contributed by atoms with E-state index in [9.17, 15) is 14.4 Å². The van der Waals surface area contributed by atoms with Crippen LogP contribution in [0.1, 0.15) is 49.8 Å². The van der Waals surface area contributed by atoms with E-state index in [1.807, 2.05) is 62.4 Å². The topological polar surface area (TPSA) is 114 Å². The number of nitrogens with zero attached hydrogens (tertiary/aromatic N) is 4. The highest BCUT2D eigenvalue weighted by molar-refractivity contribution is 5.80. The Morgan fingerprint density at radius 2 is 1.76 bits per heavy atom. The van der Waals surface area contributed by atoms with Crippen molar-refractivity contribution in [3.05, 3.63) is 92.1 Å². The molecule has 0 saturated carbocycles. The molecule has 0 bridgehead atoms. The van der Waals surface area contributed by atoms with Gasteiger partial charge in [-0.2, -0.15) is 0 Å². The van der Waals surface area contributed by atoms with Crippen molar-refractivity contribution < 1.29 is 9.32 Å². The number of rotatable bonds is 9. The monoisotopic (exact) mass is 515 g/mol. The van der Waals surface area contributed by atoms with Crippen molar-refractivity contribution in [1.29, 1.82) is 0 Å². The van der Waals surface area contributed by atoms with Crippen LogP contribution in [-0.2, 0) is 24.2 Å². The van der Waals surface area contributed by atoms with Crippen molar-refractivity contribution in [2.75, 3.05) is 7.05 Å². The molecule has 0 aliphatic heterocycles. The number of H-pyrrole nitrogens is 1. The first-order chi connectivity index (χ1) is 18.2. The standard InChI is InChI=1S/C29H33N5O4/c1-6-9-25-30-19(4)24(16-26(35)33(5)18(2)3)28(36)34(25)17-20-12-14-21(15-13-20)22-10-7-8-11-23(22)27-31-29(37)38-32-27/h7-8,10-15,18H,6,9,16-17H2,1-5H3,(H,31,32,37). The summed E-state index contributed by atoms with van der Waals surface area (Å²) in [4.78, 5) is 46.8. The molecule has 0 radical (unpaired) electrons. The van der Waals surface area contributed by atoms with Crippen molar-refractivity contribution in [3.8, 4) is 22.5 Å². The van der Waals surface area contributed by atoms with Crippen molar-refractivity contribution in [3.63, 3.8) is 0 Å². The smallest absolute Gasteiger partial charge is 0.343 e. The van der Waals surface area contributed by atoms with Gasteiger partial charge in [0.15, 0.2) is 5.82 Å². The second-order valence-corrected chi connectivity index (χ2v) is 9.69. The summed E-state index contributed by atoms with van der Waals surface area (Å²) in [6.07, 6.45) is 1.54. The normalized spacial score (nSPS) is 11.2. The lowest BCUT2D eigenvalue weighted by molar-refractivity contribution is -0.130. The third-order valence-electron chi connectivity index (χ3n) is 6.75. The fraction of sp³-hybridized carbons (Fsp3) is 0.345. The zero-order valence-electron chi connectivity index (χ0n) is 22.4. The maximum absolute atomic E-state index is 13.6. The van der Waals surface area contributed by atoms with Crippen LogP contribution < -0.4 is 11.3 Å². The molecule has 2 aromatic heterocycles. The summed E-state index contributed by atoms with van der Waals surface area (Å²) in [5.41, 5.74) is 4.38. The molecule has 4 rings (SSSR count). The lowest BCUT2D eigenvalue weighted by atomic mass is 9.98. The highest BCUT2D eigenvalue weighted by atomic mass is 16.5.